The number of rotatable bonds is 10. The van der Waals surface area contributed by atoms with Crippen molar-refractivity contribution in [3.05, 3.63) is 35.9 Å². The maximum atomic E-state index is 12.7. The van der Waals surface area contributed by atoms with Crippen molar-refractivity contribution < 1.29 is 24.2 Å². The van der Waals surface area contributed by atoms with E-state index in [2.05, 4.69) is 10.3 Å². The minimum atomic E-state index is -0.881. The van der Waals surface area contributed by atoms with Crippen LogP contribution in [0.25, 0.3) is 0 Å². The van der Waals surface area contributed by atoms with Crippen LogP contribution in [0, 0.1) is 5.92 Å². The fraction of sp³-hybridized carbons (Fsp3) is 0.625. The highest BCUT2D eigenvalue weighted by molar-refractivity contribution is 5.92. The minimum absolute atomic E-state index is 0.0574. The lowest BCUT2D eigenvalue weighted by atomic mass is 9.86. The van der Waals surface area contributed by atoms with E-state index in [0.29, 0.717) is 25.2 Å². The molecule has 3 rings (SSSR count). The standard InChI is InChI=1S/C24H34N2O5/c1-30-24(29)19-16-31-23(25-19)22(20(27)14-12-17-8-4-2-5-9-17)26-21(28)15-13-18-10-6-3-7-11-18/h2,4-5,8-9,18-20,22,27H,3,6-7,10-16H2,1H3,(H,26,28)/t19-,20-,22?/m0/s1. The molecule has 31 heavy (non-hydrogen) atoms. The summed E-state index contributed by atoms with van der Waals surface area (Å²) in [5.74, 6) is 0.185. The summed E-state index contributed by atoms with van der Waals surface area (Å²) in [6, 6.07) is 8.32. The molecule has 1 heterocycles. The molecule has 1 aromatic carbocycles. The van der Waals surface area contributed by atoms with E-state index in [-0.39, 0.29) is 18.4 Å². The quantitative estimate of drug-likeness (QED) is 0.557. The van der Waals surface area contributed by atoms with Crippen LogP contribution in [0.1, 0.15) is 56.9 Å². The topological polar surface area (TPSA) is 97.2 Å². The molecule has 1 aliphatic heterocycles. The van der Waals surface area contributed by atoms with E-state index < -0.39 is 24.2 Å². The number of carbonyl (C=O) groups is 2. The molecule has 0 bridgehead atoms. The number of ether oxygens (including phenoxy) is 2. The molecule has 0 saturated heterocycles. The van der Waals surface area contributed by atoms with Gasteiger partial charge in [0.05, 0.1) is 13.2 Å². The average Bonchev–Trinajstić information content (AvgIpc) is 3.30. The first-order chi connectivity index (χ1) is 15.1. The van der Waals surface area contributed by atoms with Crippen molar-refractivity contribution in [1.29, 1.82) is 0 Å². The first-order valence-electron chi connectivity index (χ1n) is 11.4. The molecule has 0 aromatic heterocycles. The SMILES string of the molecule is COC(=O)[C@@H]1COC(C(NC(=O)CCC2CCCCC2)[C@@H](O)CCc2ccccc2)=N1. The summed E-state index contributed by atoms with van der Waals surface area (Å²) in [6.45, 7) is 0.0574. The van der Waals surface area contributed by atoms with Crippen molar-refractivity contribution in [3.63, 3.8) is 0 Å². The second kappa shape index (κ2) is 11.8. The summed E-state index contributed by atoms with van der Waals surface area (Å²) in [4.78, 5) is 28.8. The molecule has 1 saturated carbocycles. The molecule has 0 radical (unpaired) electrons. The van der Waals surface area contributed by atoms with Crippen LogP contribution in [-0.4, -0.2) is 54.8 Å². The van der Waals surface area contributed by atoms with Crippen LogP contribution in [0.2, 0.25) is 0 Å². The van der Waals surface area contributed by atoms with E-state index in [1.807, 2.05) is 30.3 Å². The predicted molar refractivity (Wildman–Crippen MR) is 118 cm³/mol. The van der Waals surface area contributed by atoms with Gasteiger partial charge in [-0.3, -0.25) is 4.79 Å². The van der Waals surface area contributed by atoms with Gasteiger partial charge in [0.25, 0.3) is 0 Å². The fourth-order valence-electron chi connectivity index (χ4n) is 4.32. The number of benzene rings is 1. The Hall–Kier alpha value is -2.41. The third-order valence-electron chi connectivity index (χ3n) is 6.19. The van der Waals surface area contributed by atoms with Crippen LogP contribution in [0.15, 0.2) is 35.3 Å². The van der Waals surface area contributed by atoms with Gasteiger partial charge < -0.3 is 19.9 Å². The van der Waals surface area contributed by atoms with E-state index in [1.54, 1.807) is 0 Å². The largest absolute Gasteiger partial charge is 0.476 e. The van der Waals surface area contributed by atoms with Gasteiger partial charge in [0, 0.05) is 6.42 Å². The van der Waals surface area contributed by atoms with E-state index in [1.165, 1.54) is 39.2 Å². The van der Waals surface area contributed by atoms with Crippen LogP contribution >= 0.6 is 0 Å². The first kappa shape index (κ1) is 23.3. The predicted octanol–water partition coefficient (Wildman–Crippen LogP) is 2.80. The van der Waals surface area contributed by atoms with Gasteiger partial charge in [0.2, 0.25) is 11.8 Å². The summed E-state index contributed by atoms with van der Waals surface area (Å²) < 4.78 is 10.3. The van der Waals surface area contributed by atoms with E-state index in [4.69, 9.17) is 9.47 Å². The average molecular weight is 431 g/mol. The lowest BCUT2D eigenvalue weighted by Gasteiger charge is -2.25. The van der Waals surface area contributed by atoms with E-state index in [0.717, 1.165) is 12.0 Å². The van der Waals surface area contributed by atoms with Crippen LogP contribution in [0.5, 0.6) is 0 Å². The molecule has 7 heteroatoms. The molecule has 1 fully saturated rings. The van der Waals surface area contributed by atoms with Crippen LogP contribution in [0.4, 0.5) is 0 Å². The molecule has 2 aliphatic rings. The molecule has 1 aromatic rings. The second-order valence-electron chi connectivity index (χ2n) is 8.50. The molecule has 1 amide bonds. The number of aryl methyl sites for hydroxylation is 1. The number of hydrogen-bond acceptors (Lipinski definition) is 6. The van der Waals surface area contributed by atoms with Gasteiger partial charge in [-0.05, 0) is 30.7 Å². The maximum Gasteiger partial charge on any atom is 0.334 e. The number of esters is 1. The Morgan fingerprint density at radius 2 is 1.97 bits per heavy atom. The van der Waals surface area contributed by atoms with Crippen molar-refractivity contribution >= 4 is 17.8 Å². The molecule has 1 aliphatic carbocycles. The molecular formula is C24H34N2O5. The monoisotopic (exact) mass is 430 g/mol. The van der Waals surface area contributed by atoms with Crippen molar-refractivity contribution in [2.24, 2.45) is 10.9 Å². The van der Waals surface area contributed by atoms with Crippen molar-refractivity contribution in [2.45, 2.75) is 76.0 Å². The molecular weight excluding hydrogens is 396 g/mol. The number of aliphatic hydroxyl groups excluding tert-OH is 1. The zero-order valence-electron chi connectivity index (χ0n) is 18.3. The Balaban J connectivity index is 1.61. The van der Waals surface area contributed by atoms with Crippen LogP contribution < -0.4 is 5.32 Å². The molecule has 0 spiro atoms. The second-order valence-corrected chi connectivity index (χ2v) is 8.50. The number of aliphatic imine (C=N–C) groups is 1. The molecule has 3 atom stereocenters. The Bertz CT molecular complexity index is 746. The molecule has 170 valence electrons. The smallest absolute Gasteiger partial charge is 0.334 e. The van der Waals surface area contributed by atoms with Crippen molar-refractivity contribution in [1.82, 2.24) is 5.32 Å². The van der Waals surface area contributed by atoms with Gasteiger partial charge in [-0.25, -0.2) is 9.79 Å². The fourth-order valence-corrected chi connectivity index (χ4v) is 4.32. The Morgan fingerprint density at radius 3 is 2.68 bits per heavy atom. The number of carbonyl (C=O) groups excluding carboxylic acids is 2. The van der Waals surface area contributed by atoms with Gasteiger partial charge in [-0.1, -0.05) is 62.4 Å². The van der Waals surface area contributed by atoms with Gasteiger partial charge in [-0.2, -0.15) is 0 Å². The van der Waals surface area contributed by atoms with Gasteiger partial charge in [0.1, 0.15) is 12.6 Å². The lowest BCUT2D eigenvalue weighted by Crippen LogP contribution is -2.49. The molecule has 1 unspecified atom stereocenters. The zero-order chi connectivity index (χ0) is 22.1. The van der Waals surface area contributed by atoms with Gasteiger partial charge in [0.15, 0.2) is 6.04 Å². The number of aliphatic hydroxyl groups is 1. The Kier molecular flexibility index (Phi) is 8.88. The third-order valence-corrected chi connectivity index (χ3v) is 6.19. The van der Waals surface area contributed by atoms with Crippen molar-refractivity contribution in [2.75, 3.05) is 13.7 Å². The Morgan fingerprint density at radius 1 is 1.23 bits per heavy atom. The highest BCUT2D eigenvalue weighted by atomic mass is 16.5. The summed E-state index contributed by atoms with van der Waals surface area (Å²) in [5, 5.41) is 13.8. The number of hydrogen-bond donors (Lipinski definition) is 2. The summed E-state index contributed by atoms with van der Waals surface area (Å²) >= 11 is 0. The number of methoxy groups -OCH3 is 1. The summed E-state index contributed by atoms with van der Waals surface area (Å²) in [5.41, 5.74) is 1.10. The molecule has 2 N–H and O–H groups in total. The third kappa shape index (κ3) is 7.06. The van der Waals surface area contributed by atoms with Crippen LogP contribution in [-0.2, 0) is 25.5 Å². The normalized spacial score (nSPS) is 21.0. The van der Waals surface area contributed by atoms with Gasteiger partial charge >= 0.3 is 5.97 Å². The summed E-state index contributed by atoms with van der Waals surface area (Å²) in [7, 11) is 1.30. The van der Waals surface area contributed by atoms with E-state index in [9.17, 15) is 14.7 Å². The minimum Gasteiger partial charge on any atom is -0.476 e. The van der Waals surface area contributed by atoms with Gasteiger partial charge in [-0.15, -0.1) is 0 Å². The first-order valence-corrected chi connectivity index (χ1v) is 11.4. The number of nitrogens with zero attached hydrogens (tertiary/aromatic N) is 1. The summed E-state index contributed by atoms with van der Waals surface area (Å²) in [6.07, 6.45) is 7.63. The highest BCUT2D eigenvalue weighted by Gasteiger charge is 2.35. The maximum absolute atomic E-state index is 12.7. The zero-order valence-corrected chi connectivity index (χ0v) is 18.3. The highest BCUT2D eigenvalue weighted by Crippen LogP contribution is 2.27. The Labute approximate surface area is 184 Å². The van der Waals surface area contributed by atoms with E-state index >= 15 is 0 Å². The molecule has 7 nitrogen and oxygen atoms in total. The van der Waals surface area contributed by atoms with Crippen molar-refractivity contribution in [3.8, 4) is 0 Å². The lowest BCUT2D eigenvalue weighted by molar-refractivity contribution is -0.142. The number of nitrogens with one attached hydrogen (secondary N) is 1. The number of amides is 1. The van der Waals surface area contributed by atoms with Crippen LogP contribution in [0.3, 0.4) is 0 Å².